The molecule has 1 fully saturated rings. The zero-order valence-corrected chi connectivity index (χ0v) is 17.3. The highest BCUT2D eigenvalue weighted by Gasteiger charge is 2.26. The van der Waals surface area contributed by atoms with Crippen LogP contribution in [0.5, 0.6) is 5.75 Å². The molecule has 3 aromatic rings. The molecule has 2 aromatic carbocycles. The molecule has 0 bridgehead atoms. The first-order valence-corrected chi connectivity index (χ1v) is 10.5. The van der Waals surface area contributed by atoms with E-state index in [1.807, 2.05) is 18.2 Å². The first-order valence-electron chi connectivity index (χ1n) is 10.5. The average Bonchev–Trinajstić information content (AvgIpc) is 2.77. The van der Waals surface area contributed by atoms with E-state index in [0.717, 1.165) is 23.6 Å². The molecule has 1 atom stereocenters. The number of carboxylic acid groups (broad SMARTS) is 1. The van der Waals surface area contributed by atoms with Crippen molar-refractivity contribution < 1.29 is 23.8 Å². The lowest BCUT2D eigenvalue weighted by Gasteiger charge is -2.26. The van der Waals surface area contributed by atoms with Gasteiger partial charge >= 0.3 is 11.6 Å². The Hall–Kier alpha value is -3.35. The fourth-order valence-electron chi connectivity index (χ4n) is 4.19. The minimum atomic E-state index is -0.733. The molecule has 4 rings (SSSR count). The number of ether oxygens (including phenoxy) is 1. The van der Waals surface area contributed by atoms with Gasteiger partial charge < -0.3 is 19.6 Å². The normalized spacial score (nSPS) is 19.8. The van der Waals surface area contributed by atoms with Crippen LogP contribution in [0.15, 0.2) is 51.7 Å². The van der Waals surface area contributed by atoms with Gasteiger partial charge in [0.2, 0.25) is 0 Å². The number of nitrogens with one attached hydrogen (secondary N) is 1. The van der Waals surface area contributed by atoms with Crippen LogP contribution in [-0.2, 0) is 9.59 Å². The minimum absolute atomic E-state index is 0.236. The Kier molecular flexibility index (Phi) is 5.93. The number of aliphatic carboxylic acids is 1. The first-order chi connectivity index (χ1) is 14.9. The van der Waals surface area contributed by atoms with Gasteiger partial charge in [-0.05, 0) is 62.1 Å². The Labute approximate surface area is 179 Å². The summed E-state index contributed by atoms with van der Waals surface area (Å²) in [5, 5.41) is 14.1. The highest BCUT2D eigenvalue weighted by molar-refractivity contribution is 6.04. The van der Waals surface area contributed by atoms with Crippen LogP contribution in [0.3, 0.4) is 0 Å². The Bertz CT molecular complexity index is 1180. The van der Waals surface area contributed by atoms with Crippen LogP contribution < -0.4 is 15.7 Å². The second-order valence-electron chi connectivity index (χ2n) is 8.15. The number of carbonyl (C=O) groups excluding carboxylic acids is 1. The van der Waals surface area contributed by atoms with E-state index in [0.29, 0.717) is 36.1 Å². The third-order valence-electron chi connectivity index (χ3n) is 6.04. The van der Waals surface area contributed by atoms with Gasteiger partial charge in [-0.3, -0.25) is 9.59 Å². The zero-order chi connectivity index (χ0) is 22.0. The fourth-order valence-corrected chi connectivity index (χ4v) is 4.19. The maximum atomic E-state index is 12.5. The summed E-state index contributed by atoms with van der Waals surface area (Å²) in [6, 6.07) is 12.5. The smallest absolute Gasteiger partial charge is 0.344 e. The Morgan fingerprint density at radius 2 is 1.81 bits per heavy atom. The van der Waals surface area contributed by atoms with Gasteiger partial charge in [-0.1, -0.05) is 18.2 Å². The molecule has 1 aromatic heterocycles. The molecule has 7 nitrogen and oxygen atoms in total. The SMILES string of the molecule is C[C@H](Oc1ccc2c(c1)oc(=O)c1ccccc12)C(=O)NCC1CCC(C(=O)O)CC1. The predicted molar refractivity (Wildman–Crippen MR) is 116 cm³/mol. The van der Waals surface area contributed by atoms with Gasteiger partial charge in [0.25, 0.3) is 5.91 Å². The van der Waals surface area contributed by atoms with Crippen LogP contribution in [-0.4, -0.2) is 29.6 Å². The number of rotatable bonds is 6. The van der Waals surface area contributed by atoms with E-state index in [1.54, 1.807) is 31.2 Å². The molecule has 0 spiro atoms. The molecule has 0 unspecified atom stereocenters. The number of hydrogen-bond donors (Lipinski definition) is 2. The van der Waals surface area contributed by atoms with Gasteiger partial charge in [-0.2, -0.15) is 0 Å². The maximum Gasteiger partial charge on any atom is 0.344 e. The fraction of sp³-hybridized carbons (Fsp3) is 0.375. The monoisotopic (exact) mass is 423 g/mol. The lowest BCUT2D eigenvalue weighted by molar-refractivity contribution is -0.143. The minimum Gasteiger partial charge on any atom is -0.481 e. The summed E-state index contributed by atoms with van der Waals surface area (Å²) in [4.78, 5) is 35.7. The summed E-state index contributed by atoms with van der Waals surface area (Å²) >= 11 is 0. The third kappa shape index (κ3) is 4.55. The molecule has 2 N–H and O–H groups in total. The molecule has 7 heteroatoms. The molecule has 0 saturated heterocycles. The van der Waals surface area contributed by atoms with Crippen LogP contribution >= 0.6 is 0 Å². The van der Waals surface area contributed by atoms with Crippen LogP contribution in [0.2, 0.25) is 0 Å². The number of benzene rings is 2. The quantitative estimate of drug-likeness (QED) is 0.462. The van der Waals surface area contributed by atoms with E-state index in [4.69, 9.17) is 14.3 Å². The number of hydrogen-bond acceptors (Lipinski definition) is 5. The molecule has 0 aliphatic heterocycles. The molecule has 1 saturated carbocycles. The van der Waals surface area contributed by atoms with Crippen molar-refractivity contribution in [2.75, 3.05) is 6.54 Å². The van der Waals surface area contributed by atoms with Crippen molar-refractivity contribution in [2.45, 2.75) is 38.7 Å². The predicted octanol–water partition coefficient (Wildman–Crippen LogP) is 3.72. The van der Waals surface area contributed by atoms with E-state index >= 15 is 0 Å². The van der Waals surface area contributed by atoms with Crippen molar-refractivity contribution in [3.05, 3.63) is 52.9 Å². The zero-order valence-electron chi connectivity index (χ0n) is 17.3. The van der Waals surface area contributed by atoms with Crippen molar-refractivity contribution in [2.24, 2.45) is 11.8 Å². The number of fused-ring (bicyclic) bond motifs is 3. The van der Waals surface area contributed by atoms with Gasteiger partial charge in [0.1, 0.15) is 11.3 Å². The largest absolute Gasteiger partial charge is 0.481 e. The molecule has 1 aliphatic carbocycles. The first kappa shape index (κ1) is 20.9. The van der Waals surface area contributed by atoms with E-state index in [1.165, 1.54) is 0 Å². The van der Waals surface area contributed by atoms with Crippen LogP contribution in [0.4, 0.5) is 0 Å². The van der Waals surface area contributed by atoms with E-state index in [-0.39, 0.29) is 17.7 Å². The van der Waals surface area contributed by atoms with Crippen molar-refractivity contribution >= 4 is 33.6 Å². The topological polar surface area (TPSA) is 106 Å². The lowest BCUT2D eigenvalue weighted by atomic mass is 9.82. The number of carbonyl (C=O) groups is 2. The molecule has 1 amide bonds. The van der Waals surface area contributed by atoms with Crippen LogP contribution in [0.25, 0.3) is 21.7 Å². The highest BCUT2D eigenvalue weighted by atomic mass is 16.5. The van der Waals surface area contributed by atoms with E-state index < -0.39 is 17.7 Å². The molecule has 162 valence electrons. The number of carboxylic acids is 1. The van der Waals surface area contributed by atoms with Crippen LogP contribution in [0.1, 0.15) is 32.6 Å². The van der Waals surface area contributed by atoms with Gasteiger partial charge in [0.05, 0.1) is 11.3 Å². The summed E-state index contributed by atoms with van der Waals surface area (Å²) in [5.41, 5.74) is -0.00680. The van der Waals surface area contributed by atoms with Crippen molar-refractivity contribution in [3.8, 4) is 5.75 Å². The summed E-state index contributed by atoms with van der Waals surface area (Å²) in [7, 11) is 0. The summed E-state index contributed by atoms with van der Waals surface area (Å²) in [6.07, 6.45) is 2.17. The Balaban J connectivity index is 1.38. The summed E-state index contributed by atoms with van der Waals surface area (Å²) in [6.45, 7) is 2.18. The van der Waals surface area contributed by atoms with Crippen LogP contribution in [0, 0.1) is 11.8 Å². The standard InChI is InChI=1S/C24H25NO6/c1-14(22(26)25-13-15-6-8-16(9-7-15)23(27)28)30-17-10-11-19-18-4-2-3-5-20(18)24(29)31-21(19)12-17/h2-5,10-12,14-16H,6-9,13H2,1H3,(H,25,26)(H,27,28)/t14-,15?,16?/m0/s1. The maximum absolute atomic E-state index is 12.5. The number of amides is 1. The lowest BCUT2D eigenvalue weighted by Crippen LogP contribution is -2.39. The molecule has 0 radical (unpaired) electrons. The van der Waals surface area contributed by atoms with Gasteiger partial charge in [-0.25, -0.2) is 4.79 Å². The van der Waals surface area contributed by atoms with Gasteiger partial charge in [-0.15, -0.1) is 0 Å². The van der Waals surface area contributed by atoms with Crippen molar-refractivity contribution in [1.29, 1.82) is 0 Å². The summed E-state index contributed by atoms with van der Waals surface area (Å²) in [5.74, 6) is -0.506. The van der Waals surface area contributed by atoms with Gasteiger partial charge in [0, 0.05) is 18.0 Å². The second kappa shape index (κ2) is 8.79. The van der Waals surface area contributed by atoms with E-state index in [2.05, 4.69) is 5.32 Å². The molecule has 31 heavy (non-hydrogen) atoms. The third-order valence-corrected chi connectivity index (χ3v) is 6.04. The van der Waals surface area contributed by atoms with E-state index in [9.17, 15) is 14.4 Å². The molecule has 1 aliphatic rings. The summed E-state index contributed by atoms with van der Waals surface area (Å²) < 4.78 is 11.2. The molecular formula is C24H25NO6. The van der Waals surface area contributed by atoms with Crippen molar-refractivity contribution in [1.82, 2.24) is 5.32 Å². The average molecular weight is 423 g/mol. The Morgan fingerprint density at radius 3 is 2.52 bits per heavy atom. The highest BCUT2D eigenvalue weighted by Crippen LogP contribution is 2.29. The van der Waals surface area contributed by atoms with Crippen molar-refractivity contribution in [3.63, 3.8) is 0 Å². The second-order valence-corrected chi connectivity index (χ2v) is 8.15. The molecule has 1 heterocycles. The van der Waals surface area contributed by atoms with Gasteiger partial charge in [0.15, 0.2) is 6.10 Å². The molecular weight excluding hydrogens is 398 g/mol. The Morgan fingerprint density at radius 1 is 1.10 bits per heavy atom.